The molecule has 2 aromatic carbocycles. The molecule has 344 valence electrons. The summed E-state index contributed by atoms with van der Waals surface area (Å²) in [5.41, 5.74) is 4.78. The van der Waals surface area contributed by atoms with Gasteiger partial charge in [-0.15, -0.1) is 6.58 Å². The SMILES string of the molecule is C=CCN(C=O)N(c1ccc2c(n1)C(O)(CC)CC2)c1nc(Nc2ccc(N3CCN(C4CN(C5CN(c6cc7c(cc6F)C(=O)N(C6CCC(=O)NC6=O)C7)C5)C4)CC3)cc2)ncc1C. The number of piperazine rings is 1. The van der Waals surface area contributed by atoms with Crippen molar-refractivity contribution in [2.75, 3.05) is 79.0 Å². The smallest absolute Gasteiger partial charge is 0.255 e. The van der Waals surface area contributed by atoms with Gasteiger partial charge in [0.15, 0.2) is 11.6 Å². The van der Waals surface area contributed by atoms with Crippen molar-refractivity contribution in [3.63, 3.8) is 0 Å². The summed E-state index contributed by atoms with van der Waals surface area (Å²) < 4.78 is 15.4. The van der Waals surface area contributed by atoms with Crippen LogP contribution < -0.4 is 25.4 Å². The van der Waals surface area contributed by atoms with Crippen LogP contribution in [0.2, 0.25) is 0 Å². The van der Waals surface area contributed by atoms with Gasteiger partial charge in [-0.25, -0.2) is 24.4 Å². The number of piperidine rings is 1. The first kappa shape index (κ1) is 43.4. The van der Waals surface area contributed by atoms with Gasteiger partial charge in [0.05, 0.1) is 17.9 Å². The summed E-state index contributed by atoms with van der Waals surface area (Å²) in [4.78, 5) is 75.0. The van der Waals surface area contributed by atoms with E-state index >= 15 is 4.39 Å². The highest BCUT2D eigenvalue weighted by molar-refractivity contribution is 6.05. The fraction of sp³-hybridized carbons (Fsp3) is 0.438. The zero-order valence-corrected chi connectivity index (χ0v) is 37.3. The number of pyridine rings is 1. The number of aromatic nitrogens is 3. The molecule has 4 fully saturated rings. The number of benzene rings is 2. The molecular weight excluding hydrogens is 844 g/mol. The lowest BCUT2D eigenvalue weighted by Gasteiger charge is -2.55. The Labute approximate surface area is 382 Å². The molecule has 2 unspecified atom stereocenters. The third kappa shape index (κ3) is 7.89. The van der Waals surface area contributed by atoms with E-state index in [0.717, 1.165) is 74.6 Å². The van der Waals surface area contributed by atoms with Crippen LogP contribution in [-0.4, -0.2) is 141 Å². The molecule has 10 rings (SSSR count). The van der Waals surface area contributed by atoms with Gasteiger partial charge in [-0.2, -0.15) is 4.98 Å². The number of anilines is 6. The summed E-state index contributed by atoms with van der Waals surface area (Å²) in [5.74, 6) is -0.330. The quantitative estimate of drug-likeness (QED) is 0.0723. The van der Waals surface area contributed by atoms with E-state index in [2.05, 4.69) is 49.0 Å². The summed E-state index contributed by atoms with van der Waals surface area (Å²) in [6.07, 6.45) is 6.39. The molecule has 2 aromatic heterocycles. The van der Waals surface area contributed by atoms with Crippen molar-refractivity contribution in [3.05, 3.63) is 101 Å². The van der Waals surface area contributed by atoms with Crippen LogP contribution in [0.4, 0.5) is 39.0 Å². The van der Waals surface area contributed by atoms with Crippen molar-refractivity contribution in [1.29, 1.82) is 0 Å². The fourth-order valence-electron chi connectivity index (χ4n) is 10.3. The van der Waals surface area contributed by atoms with Gasteiger partial charge in [0.1, 0.15) is 17.5 Å². The standard InChI is InChI=1S/C48H55FN12O5/c1-4-16-59(29-62)61(41-12-6-31-14-15-48(66,5-2)43(31)52-41)44-30(3)23-50-47(54-44)51-33-7-9-34(10-8-33)55-17-19-56(20-18-55)35-25-57(26-35)36-27-58(28-36)40-21-32-24-60(46(65)37(32)22-38(40)49)39-11-13-42(63)53-45(39)64/h4,6-10,12,21-23,29,35-36,39,66H,1,5,11,13-20,24-28H2,2-3H3,(H,50,51,54)(H,53,63,64). The van der Waals surface area contributed by atoms with Gasteiger partial charge in [0.2, 0.25) is 24.2 Å². The lowest BCUT2D eigenvalue weighted by molar-refractivity contribution is -0.137. The molecule has 2 atom stereocenters. The normalized spacial score (nSPS) is 22.4. The maximum atomic E-state index is 15.4. The Morgan fingerprint density at radius 2 is 1.71 bits per heavy atom. The number of imide groups is 1. The van der Waals surface area contributed by atoms with Gasteiger partial charge in [-0.3, -0.25) is 34.3 Å². The van der Waals surface area contributed by atoms with Crippen LogP contribution >= 0.6 is 0 Å². The van der Waals surface area contributed by atoms with Crippen LogP contribution in [-0.2, 0) is 33.0 Å². The summed E-state index contributed by atoms with van der Waals surface area (Å²) >= 11 is 0. The van der Waals surface area contributed by atoms with Gasteiger partial charge in [-0.1, -0.05) is 19.1 Å². The Morgan fingerprint density at radius 1 is 0.955 bits per heavy atom. The van der Waals surface area contributed by atoms with Crippen molar-refractivity contribution in [2.24, 2.45) is 0 Å². The maximum absolute atomic E-state index is 15.4. The first-order valence-electron chi connectivity index (χ1n) is 22.9. The number of carbonyl (C=O) groups is 4. The second kappa shape index (κ2) is 17.4. The van der Waals surface area contributed by atoms with Crippen LogP contribution in [0.5, 0.6) is 0 Å². The van der Waals surface area contributed by atoms with Crippen molar-refractivity contribution >= 4 is 58.8 Å². The minimum absolute atomic E-state index is 0.175. The lowest BCUT2D eigenvalue weighted by atomic mass is 9.97. The van der Waals surface area contributed by atoms with Crippen LogP contribution in [0.15, 0.2) is 67.4 Å². The van der Waals surface area contributed by atoms with E-state index < -0.39 is 23.4 Å². The topological polar surface area (TPSA) is 174 Å². The molecule has 5 aliphatic heterocycles. The van der Waals surface area contributed by atoms with E-state index in [-0.39, 0.29) is 43.3 Å². The van der Waals surface area contributed by atoms with Crippen molar-refractivity contribution < 1.29 is 28.7 Å². The Kier molecular flexibility index (Phi) is 11.4. The monoisotopic (exact) mass is 898 g/mol. The average Bonchev–Trinajstić information content (AvgIpc) is 3.79. The number of hydrogen-bond acceptors (Lipinski definition) is 14. The number of rotatable bonds is 14. The van der Waals surface area contributed by atoms with Gasteiger partial charge in [-0.05, 0) is 86.2 Å². The fourth-order valence-corrected chi connectivity index (χ4v) is 10.3. The summed E-state index contributed by atoms with van der Waals surface area (Å²) in [6, 6.07) is 15.2. The Hall–Kier alpha value is -6.50. The van der Waals surface area contributed by atoms with Gasteiger partial charge in [0, 0.05) is 106 Å². The average molecular weight is 899 g/mol. The summed E-state index contributed by atoms with van der Waals surface area (Å²) in [6.45, 7) is 15.2. The lowest BCUT2D eigenvalue weighted by Crippen LogP contribution is -2.71. The Morgan fingerprint density at radius 3 is 2.42 bits per heavy atom. The Balaban J connectivity index is 0.714. The number of nitrogens with zero attached hydrogens (tertiary/aromatic N) is 10. The molecule has 66 heavy (non-hydrogen) atoms. The van der Waals surface area contributed by atoms with Crippen LogP contribution in [0.25, 0.3) is 0 Å². The largest absolute Gasteiger partial charge is 0.384 e. The molecule has 1 aliphatic carbocycles. The van der Waals surface area contributed by atoms with Crippen LogP contribution in [0.1, 0.15) is 65.3 Å². The minimum Gasteiger partial charge on any atom is -0.384 e. The molecule has 4 aromatic rings. The number of halogens is 1. The first-order valence-corrected chi connectivity index (χ1v) is 22.9. The number of aliphatic hydroxyl groups is 1. The van der Waals surface area contributed by atoms with E-state index in [0.29, 0.717) is 72.5 Å². The molecule has 6 aliphatic rings. The zero-order chi connectivity index (χ0) is 45.9. The molecule has 0 spiro atoms. The Bertz CT molecular complexity index is 2580. The van der Waals surface area contributed by atoms with Crippen molar-refractivity contribution in [3.8, 4) is 0 Å². The van der Waals surface area contributed by atoms with Crippen LogP contribution in [0, 0.1) is 12.7 Å². The predicted octanol–water partition coefficient (Wildman–Crippen LogP) is 3.76. The van der Waals surface area contributed by atoms with Gasteiger partial charge >= 0.3 is 0 Å². The van der Waals surface area contributed by atoms with E-state index in [4.69, 9.17) is 9.97 Å². The number of carbonyl (C=O) groups excluding carboxylic acids is 4. The first-order chi connectivity index (χ1) is 31.9. The van der Waals surface area contributed by atoms with Crippen molar-refractivity contribution in [2.45, 2.75) is 76.2 Å². The number of aryl methyl sites for hydroxylation is 2. The van der Waals surface area contributed by atoms with Crippen LogP contribution in [0.3, 0.4) is 0 Å². The number of nitrogens with one attached hydrogen (secondary N) is 2. The minimum atomic E-state index is -1.02. The maximum Gasteiger partial charge on any atom is 0.255 e. The van der Waals surface area contributed by atoms with E-state index in [1.54, 1.807) is 23.3 Å². The summed E-state index contributed by atoms with van der Waals surface area (Å²) in [5, 5.41) is 20.1. The van der Waals surface area contributed by atoms with E-state index in [1.165, 1.54) is 16.0 Å². The van der Waals surface area contributed by atoms with E-state index in [1.807, 2.05) is 43.0 Å². The second-order valence-corrected chi connectivity index (χ2v) is 18.3. The molecule has 0 radical (unpaired) electrons. The molecule has 0 bridgehead atoms. The highest BCUT2D eigenvalue weighted by Gasteiger charge is 2.44. The number of likely N-dealkylation sites (tertiary alicyclic amines) is 1. The second-order valence-electron chi connectivity index (χ2n) is 18.3. The highest BCUT2D eigenvalue weighted by Crippen LogP contribution is 2.41. The molecule has 7 heterocycles. The highest BCUT2D eigenvalue weighted by atomic mass is 19.1. The van der Waals surface area contributed by atoms with Gasteiger partial charge < -0.3 is 25.1 Å². The number of hydrazine groups is 1. The number of amides is 4. The molecule has 18 heteroatoms. The number of hydrogen-bond donors (Lipinski definition) is 3. The third-order valence-corrected chi connectivity index (χ3v) is 14.4. The zero-order valence-electron chi connectivity index (χ0n) is 37.3. The molecule has 0 saturated carbocycles. The molecule has 4 amide bonds. The van der Waals surface area contributed by atoms with Gasteiger partial charge in [0.25, 0.3) is 5.91 Å². The van der Waals surface area contributed by atoms with E-state index in [9.17, 15) is 24.3 Å². The molecule has 3 N–H and O–H groups in total. The predicted molar refractivity (Wildman–Crippen MR) is 246 cm³/mol. The summed E-state index contributed by atoms with van der Waals surface area (Å²) in [7, 11) is 0. The third-order valence-electron chi connectivity index (χ3n) is 14.4. The number of fused-ring (bicyclic) bond motifs is 2. The van der Waals surface area contributed by atoms with Crippen molar-refractivity contribution in [1.82, 2.24) is 40.0 Å². The molecule has 4 saturated heterocycles. The molecular formula is C48H55FN12O5. The molecule has 17 nitrogen and oxygen atoms in total.